The number of piperidine rings is 1. The molecule has 0 saturated carbocycles. The number of anilines is 1. The lowest BCUT2D eigenvalue weighted by Crippen LogP contribution is -2.50. The van der Waals surface area contributed by atoms with E-state index in [1.807, 2.05) is 54.6 Å². The van der Waals surface area contributed by atoms with E-state index in [4.69, 9.17) is 9.84 Å². The Hall–Kier alpha value is -4.20. The van der Waals surface area contributed by atoms with Crippen molar-refractivity contribution < 1.29 is 19.1 Å². The molecule has 166 valence electrons. The number of para-hydroxylation sites is 1. The number of amides is 2. The highest BCUT2D eigenvalue weighted by Crippen LogP contribution is 2.42. The third-order valence-electron chi connectivity index (χ3n) is 6.28. The molecule has 2 aliphatic rings. The Morgan fingerprint density at radius 2 is 1.73 bits per heavy atom. The Balaban J connectivity index is 1.45. The number of nitrogens with one attached hydrogen (secondary N) is 1. The minimum Gasteiger partial charge on any atom is -0.457 e. The SMILES string of the molecule is C=CC(=O)N1CCC2(CC1)C(=O)Nc1c(C=O)c(-c3ccc(Oc4ccccc4)cc3)nn12. The van der Waals surface area contributed by atoms with E-state index in [0.717, 1.165) is 17.6 Å². The van der Waals surface area contributed by atoms with E-state index in [1.54, 1.807) is 9.58 Å². The number of aldehydes is 1. The lowest BCUT2D eigenvalue weighted by atomic mass is 9.87. The zero-order chi connectivity index (χ0) is 23.0. The Morgan fingerprint density at radius 1 is 1.06 bits per heavy atom. The summed E-state index contributed by atoms with van der Waals surface area (Å²) in [5.41, 5.74) is 0.652. The van der Waals surface area contributed by atoms with Crippen LogP contribution in [0.2, 0.25) is 0 Å². The highest BCUT2D eigenvalue weighted by molar-refractivity contribution is 6.06. The van der Waals surface area contributed by atoms with Crippen molar-refractivity contribution in [3.63, 3.8) is 0 Å². The maximum Gasteiger partial charge on any atom is 0.253 e. The Labute approximate surface area is 190 Å². The van der Waals surface area contributed by atoms with Crippen LogP contribution in [0.1, 0.15) is 23.2 Å². The predicted molar refractivity (Wildman–Crippen MR) is 122 cm³/mol. The number of carbonyl (C=O) groups is 3. The molecular weight excluding hydrogens is 420 g/mol. The number of hydrogen-bond acceptors (Lipinski definition) is 5. The van der Waals surface area contributed by atoms with Crippen molar-refractivity contribution in [1.82, 2.24) is 14.7 Å². The molecule has 0 radical (unpaired) electrons. The molecule has 0 bridgehead atoms. The molecule has 8 nitrogen and oxygen atoms in total. The molecule has 8 heteroatoms. The minimum absolute atomic E-state index is 0.156. The lowest BCUT2D eigenvalue weighted by molar-refractivity contribution is -0.133. The van der Waals surface area contributed by atoms with Gasteiger partial charge >= 0.3 is 0 Å². The quantitative estimate of drug-likeness (QED) is 0.481. The van der Waals surface area contributed by atoms with Gasteiger partial charge in [0.1, 0.15) is 28.5 Å². The van der Waals surface area contributed by atoms with Gasteiger partial charge in [-0.05, 0) is 55.3 Å². The van der Waals surface area contributed by atoms with Crippen LogP contribution in [0.15, 0.2) is 67.3 Å². The van der Waals surface area contributed by atoms with Crippen molar-refractivity contribution in [3.8, 4) is 22.8 Å². The van der Waals surface area contributed by atoms with E-state index in [0.29, 0.717) is 48.8 Å². The van der Waals surface area contributed by atoms with E-state index < -0.39 is 5.54 Å². The Morgan fingerprint density at radius 3 is 2.36 bits per heavy atom. The van der Waals surface area contributed by atoms with Crippen molar-refractivity contribution in [2.45, 2.75) is 18.4 Å². The van der Waals surface area contributed by atoms with Gasteiger partial charge in [-0.2, -0.15) is 5.10 Å². The van der Waals surface area contributed by atoms with Crippen LogP contribution in [0.5, 0.6) is 11.5 Å². The van der Waals surface area contributed by atoms with Crippen LogP contribution in [0, 0.1) is 0 Å². The summed E-state index contributed by atoms with van der Waals surface area (Å²) in [6, 6.07) is 16.8. The van der Waals surface area contributed by atoms with Gasteiger partial charge < -0.3 is 15.0 Å². The molecular formula is C25H22N4O4. The van der Waals surface area contributed by atoms with Crippen LogP contribution < -0.4 is 10.1 Å². The third-order valence-corrected chi connectivity index (χ3v) is 6.28. The fraction of sp³-hybridized carbons (Fsp3) is 0.200. The number of rotatable bonds is 5. The molecule has 0 unspecified atom stereocenters. The van der Waals surface area contributed by atoms with Crippen LogP contribution in [0.25, 0.3) is 11.3 Å². The van der Waals surface area contributed by atoms with Crippen molar-refractivity contribution in [2.24, 2.45) is 0 Å². The summed E-state index contributed by atoms with van der Waals surface area (Å²) in [6.07, 6.45) is 2.82. The summed E-state index contributed by atoms with van der Waals surface area (Å²) in [6.45, 7) is 4.35. The normalized spacial score (nSPS) is 16.2. The molecule has 2 aliphatic heterocycles. The van der Waals surface area contributed by atoms with Crippen LogP contribution in [0.3, 0.4) is 0 Å². The largest absolute Gasteiger partial charge is 0.457 e. The van der Waals surface area contributed by atoms with Gasteiger partial charge in [-0.1, -0.05) is 24.8 Å². The second kappa shape index (κ2) is 8.05. The van der Waals surface area contributed by atoms with Crippen LogP contribution in [0.4, 0.5) is 5.82 Å². The van der Waals surface area contributed by atoms with Crippen LogP contribution in [-0.2, 0) is 15.1 Å². The monoisotopic (exact) mass is 442 g/mol. The summed E-state index contributed by atoms with van der Waals surface area (Å²) < 4.78 is 7.48. The van der Waals surface area contributed by atoms with Crippen LogP contribution in [-0.4, -0.2) is 45.9 Å². The highest BCUT2D eigenvalue weighted by atomic mass is 16.5. The molecule has 5 rings (SSSR count). The number of aromatic nitrogens is 2. The van der Waals surface area contributed by atoms with E-state index in [9.17, 15) is 14.4 Å². The fourth-order valence-corrected chi connectivity index (χ4v) is 4.48. The van der Waals surface area contributed by atoms with Gasteiger partial charge in [0.05, 0.1) is 5.56 Å². The second-order valence-corrected chi connectivity index (χ2v) is 8.10. The molecule has 2 amide bonds. The molecule has 2 aromatic carbocycles. The first kappa shape index (κ1) is 20.7. The Bertz CT molecular complexity index is 1240. The molecule has 0 atom stereocenters. The topological polar surface area (TPSA) is 93.5 Å². The van der Waals surface area contributed by atoms with Gasteiger partial charge in [-0.15, -0.1) is 0 Å². The summed E-state index contributed by atoms with van der Waals surface area (Å²) in [5, 5.41) is 7.55. The average Bonchev–Trinajstić information content (AvgIpc) is 3.34. The molecule has 33 heavy (non-hydrogen) atoms. The maximum atomic E-state index is 12.9. The van der Waals surface area contributed by atoms with E-state index in [1.165, 1.54) is 6.08 Å². The fourth-order valence-electron chi connectivity index (χ4n) is 4.48. The molecule has 1 spiro atoms. The number of likely N-dealkylation sites (tertiary alicyclic amines) is 1. The van der Waals surface area contributed by atoms with Gasteiger partial charge in [-0.25, -0.2) is 4.68 Å². The molecule has 1 saturated heterocycles. The summed E-state index contributed by atoms with van der Waals surface area (Å²) in [4.78, 5) is 38.5. The number of nitrogens with zero attached hydrogens (tertiary/aromatic N) is 3. The van der Waals surface area contributed by atoms with E-state index in [-0.39, 0.29) is 11.8 Å². The van der Waals surface area contributed by atoms with Crippen molar-refractivity contribution >= 4 is 23.9 Å². The first-order chi connectivity index (χ1) is 16.1. The zero-order valence-corrected chi connectivity index (χ0v) is 17.9. The summed E-state index contributed by atoms with van der Waals surface area (Å²) in [5.74, 6) is 1.44. The van der Waals surface area contributed by atoms with Gasteiger partial charge in [0, 0.05) is 18.7 Å². The average molecular weight is 442 g/mol. The second-order valence-electron chi connectivity index (χ2n) is 8.10. The van der Waals surface area contributed by atoms with Crippen molar-refractivity contribution in [2.75, 3.05) is 18.4 Å². The van der Waals surface area contributed by atoms with E-state index >= 15 is 0 Å². The molecule has 1 aromatic heterocycles. The highest BCUT2D eigenvalue weighted by Gasteiger charge is 2.51. The van der Waals surface area contributed by atoms with Crippen LogP contribution >= 0.6 is 0 Å². The van der Waals surface area contributed by atoms with Gasteiger partial charge in [-0.3, -0.25) is 14.4 Å². The van der Waals surface area contributed by atoms with Gasteiger partial charge in [0.15, 0.2) is 6.29 Å². The standard InChI is InChI=1S/C25H22N4O4/c1-2-21(31)28-14-12-25(13-15-28)24(32)26-23-20(16-30)22(27-29(23)25)17-8-10-19(11-9-17)33-18-6-4-3-5-7-18/h2-11,16H,1,12-15H2,(H,26,32). The van der Waals surface area contributed by atoms with Crippen molar-refractivity contribution in [3.05, 3.63) is 72.8 Å². The van der Waals surface area contributed by atoms with Gasteiger partial charge in [0.25, 0.3) is 5.91 Å². The van der Waals surface area contributed by atoms with Gasteiger partial charge in [0.2, 0.25) is 5.91 Å². The summed E-state index contributed by atoms with van der Waals surface area (Å²) >= 11 is 0. The number of carbonyl (C=O) groups excluding carboxylic acids is 3. The number of ether oxygens (including phenoxy) is 1. The molecule has 3 heterocycles. The smallest absolute Gasteiger partial charge is 0.253 e. The van der Waals surface area contributed by atoms with E-state index in [2.05, 4.69) is 11.9 Å². The number of hydrogen-bond donors (Lipinski definition) is 1. The first-order valence-electron chi connectivity index (χ1n) is 10.7. The first-order valence-corrected chi connectivity index (χ1v) is 10.7. The predicted octanol–water partition coefficient (Wildman–Crippen LogP) is 3.61. The maximum absolute atomic E-state index is 12.9. The number of benzene rings is 2. The van der Waals surface area contributed by atoms with Crippen molar-refractivity contribution in [1.29, 1.82) is 0 Å². The third kappa shape index (κ3) is 3.40. The number of fused-ring (bicyclic) bond motifs is 2. The summed E-state index contributed by atoms with van der Waals surface area (Å²) in [7, 11) is 0. The Kier molecular flexibility index (Phi) is 5.05. The molecule has 3 aromatic rings. The zero-order valence-electron chi connectivity index (χ0n) is 17.9. The molecule has 0 aliphatic carbocycles. The lowest BCUT2D eigenvalue weighted by Gasteiger charge is -2.37. The molecule has 1 fully saturated rings. The minimum atomic E-state index is -0.917. The molecule has 1 N–H and O–H groups in total.